The molecule has 0 unspecified atom stereocenters. The summed E-state index contributed by atoms with van der Waals surface area (Å²) in [5.74, 6) is 0.199. The lowest BCUT2D eigenvalue weighted by Crippen LogP contribution is -2.12. The standard InChI is InChI=1S/C87H76N28O24S8/c1-50-42-58(16-32-70(50)108-112-74-36-20-62(46-78(74)144(128,129)130)104-100-54-8-24-66(25-9-54)140(116,117)118)90-84-94-82(95-85(98-84)91-59-17-33-71(51(2)43-59)109-113-75-37-21-63(47-79(75)145(131,132)133)105-101-55-10-26-67(27-11-55)141(119,120)121)88-40-6-5-7-41-89-83-96-86(92-60-18-34-72(52(3)44-60)110-114-76-38-22-64(48-80(76)146(134,135)136)106-102-56-12-28-68(29-13-56)142(122,123)124)99-87(97-83)93-61-19-35-73(53(4)45-61)111-115-77-39-23-65(49-81(77)147(137,138)139)107-103-57-14-30-69(31-15-57)143(125,126)127/h8-39,42-49H,5-7,40-41H2,1-4H3,(H,116,117,118)(H,119,120,121)(H,122,123,124)(H,125,126,127)(H,128,129,130)(H,131,132,133)(H,134,135,136)(H,137,138,139)(H3,88,90,91,94,95,98)(H3,89,92,93,96,97,99). The molecule has 0 aliphatic heterocycles. The Morgan fingerprint density at radius 1 is 0.197 bits per heavy atom. The van der Waals surface area contributed by atoms with E-state index in [2.05, 4.69) is 144 Å². The fraction of sp³-hybridized carbons (Fsp3) is 0.103. The maximum atomic E-state index is 12.7. The third kappa shape index (κ3) is 29.9. The van der Waals surface area contributed by atoms with Gasteiger partial charge in [-0.05, 0) is 312 Å². The van der Waals surface area contributed by atoms with Crippen LogP contribution in [0.2, 0.25) is 0 Å². The van der Waals surface area contributed by atoms with Gasteiger partial charge in [-0.1, -0.05) is 0 Å². The summed E-state index contributed by atoms with van der Waals surface area (Å²) in [7, 11) is -37.8. The van der Waals surface area contributed by atoms with Crippen molar-refractivity contribution in [1.82, 2.24) is 29.9 Å². The average molecular weight is 2150 g/mol. The molecule has 756 valence electrons. The first kappa shape index (κ1) is 106. The van der Waals surface area contributed by atoms with Crippen molar-refractivity contribution in [1.29, 1.82) is 0 Å². The van der Waals surface area contributed by atoms with Crippen molar-refractivity contribution >= 4 is 230 Å². The zero-order valence-electron chi connectivity index (χ0n) is 75.8. The Bertz CT molecular complexity index is 7760. The smallest absolute Gasteiger partial charge is 0.296 e. The number of nitrogens with zero attached hydrogens (tertiary/aromatic N) is 22. The Morgan fingerprint density at radius 3 is 0.565 bits per heavy atom. The summed E-state index contributed by atoms with van der Waals surface area (Å²) in [5, 5.41) is 84.5. The van der Waals surface area contributed by atoms with Crippen molar-refractivity contribution in [3.8, 4) is 0 Å². The molecule has 14 rings (SSSR count). The summed E-state index contributed by atoms with van der Waals surface area (Å²) in [6, 6.07) is 51.9. The highest BCUT2D eigenvalue weighted by atomic mass is 32.2. The van der Waals surface area contributed by atoms with Gasteiger partial charge < -0.3 is 31.9 Å². The maximum absolute atomic E-state index is 12.7. The Kier molecular flexibility index (Phi) is 32.4. The van der Waals surface area contributed by atoms with Gasteiger partial charge in [0.2, 0.25) is 35.7 Å². The van der Waals surface area contributed by atoms with E-state index in [4.69, 9.17) is 0 Å². The van der Waals surface area contributed by atoms with Crippen LogP contribution in [-0.2, 0) is 80.9 Å². The fourth-order valence-corrected chi connectivity index (χ4v) is 17.4. The molecule has 0 saturated carbocycles. The molecular weight excluding hydrogens is 2080 g/mol. The van der Waals surface area contributed by atoms with Crippen molar-refractivity contribution in [2.45, 2.75) is 86.1 Å². The summed E-state index contributed by atoms with van der Waals surface area (Å²) in [6.07, 6.45) is 1.59. The molecule has 0 atom stereocenters. The van der Waals surface area contributed by atoms with E-state index < -0.39 is 120 Å². The summed E-state index contributed by atoms with van der Waals surface area (Å²) < 4.78 is 272. The molecule has 14 aromatic rings. The topological polar surface area (TPSA) is 782 Å². The van der Waals surface area contributed by atoms with Crippen LogP contribution < -0.4 is 31.9 Å². The number of nitrogens with one attached hydrogen (secondary N) is 6. The molecule has 0 bridgehead atoms. The molecule has 0 aliphatic carbocycles. The predicted molar refractivity (Wildman–Crippen MR) is 532 cm³/mol. The zero-order chi connectivity index (χ0) is 106. The lowest BCUT2D eigenvalue weighted by Gasteiger charge is -2.13. The number of aryl methyl sites for hydroxylation is 4. The molecule has 147 heavy (non-hydrogen) atoms. The molecular formula is C87H76N28O24S8. The van der Waals surface area contributed by atoms with Gasteiger partial charge in [0.25, 0.3) is 80.9 Å². The lowest BCUT2D eigenvalue weighted by atomic mass is 10.2. The van der Waals surface area contributed by atoms with E-state index in [0.29, 0.717) is 64.3 Å². The normalized spacial score (nSPS) is 12.7. The number of anilines is 10. The van der Waals surface area contributed by atoms with Gasteiger partial charge >= 0.3 is 0 Å². The second kappa shape index (κ2) is 44.8. The molecule has 0 saturated heterocycles. The SMILES string of the molecule is Cc1cc(Nc2nc(NCCCCCNc3nc(Nc4ccc(N=Nc5ccc(N=Nc6ccc(S(=O)(=O)O)cc6)cc5S(=O)(=O)O)c(C)c4)nc(Nc4ccc(N=Nc5ccc(N=Nc6ccc(S(=O)(=O)O)cc6)cc5S(=O)(=O)O)c(C)c4)n3)nc(Nc3ccc(N=Nc4ccc(N=Nc5ccc(S(=O)(=O)O)cc5)cc4S(=O)(=O)O)c(C)c3)n2)ccc1N=Nc1ccc(N=Nc2ccc(S(=O)(=O)O)cc2)cc1S(=O)(=O)O. The van der Waals surface area contributed by atoms with Gasteiger partial charge in [0.15, 0.2) is 0 Å². The molecule has 2 heterocycles. The maximum Gasteiger partial charge on any atom is 0.296 e. The van der Waals surface area contributed by atoms with Gasteiger partial charge in [-0.25, -0.2) is 0 Å². The van der Waals surface area contributed by atoms with Gasteiger partial charge in [0, 0.05) is 35.8 Å². The van der Waals surface area contributed by atoms with E-state index in [-0.39, 0.29) is 140 Å². The van der Waals surface area contributed by atoms with E-state index in [1.54, 1.807) is 100 Å². The van der Waals surface area contributed by atoms with E-state index in [1.165, 1.54) is 97.1 Å². The molecule has 0 radical (unpaired) electrons. The molecule has 0 amide bonds. The lowest BCUT2D eigenvalue weighted by molar-refractivity contribution is 0.481. The van der Waals surface area contributed by atoms with Gasteiger partial charge in [0.05, 0.1) is 87.8 Å². The van der Waals surface area contributed by atoms with Crippen molar-refractivity contribution < 1.29 is 104 Å². The summed E-state index contributed by atoms with van der Waals surface area (Å²) in [4.78, 5) is 23.7. The minimum absolute atomic E-state index is 0.00822. The highest BCUT2D eigenvalue weighted by molar-refractivity contribution is 7.87. The minimum Gasteiger partial charge on any atom is -0.354 e. The monoisotopic (exact) mass is 2150 g/mol. The molecule has 0 spiro atoms. The number of hydrogen-bond donors (Lipinski definition) is 14. The molecule has 0 aliphatic rings. The van der Waals surface area contributed by atoms with Gasteiger partial charge in [-0.2, -0.15) is 159 Å². The number of azo groups is 8. The third-order valence-corrected chi connectivity index (χ3v) is 27.1. The van der Waals surface area contributed by atoms with Crippen LogP contribution in [0.1, 0.15) is 41.5 Å². The van der Waals surface area contributed by atoms with E-state index in [9.17, 15) is 104 Å². The second-order valence-electron chi connectivity index (χ2n) is 31.0. The quantitative estimate of drug-likeness (QED) is 0.00963. The van der Waals surface area contributed by atoms with Crippen LogP contribution >= 0.6 is 0 Å². The number of rotatable bonds is 40. The number of benzene rings is 12. The van der Waals surface area contributed by atoms with Crippen molar-refractivity contribution in [3.63, 3.8) is 0 Å². The summed E-state index contributed by atoms with van der Waals surface area (Å²) >= 11 is 0. The Morgan fingerprint density at radius 2 is 0.374 bits per heavy atom. The van der Waals surface area contributed by atoms with Crippen LogP contribution in [0.15, 0.2) is 364 Å². The van der Waals surface area contributed by atoms with Gasteiger partial charge in [-0.3, -0.25) is 36.4 Å². The molecule has 60 heteroatoms. The van der Waals surface area contributed by atoms with E-state index in [1.807, 2.05) is 0 Å². The molecule has 52 nitrogen and oxygen atoms in total. The van der Waals surface area contributed by atoms with Crippen LogP contribution in [0.4, 0.5) is 149 Å². The van der Waals surface area contributed by atoms with Crippen LogP contribution in [0.5, 0.6) is 0 Å². The van der Waals surface area contributed by atoms with E-state index >= 15 is 0 Å². The van der Waals surface area contributed by atoms with Gasteiger partial charge in [-0.15, -0.1) is 20.5 Å². The molecule has 0 fully saturated rings. The second-order valence-corrected chi connectivity index (χ2v) is 42.3. The highest BCUT2D eigenvalue weighted by Crippen LogP contribution is 2.41. The zero-order valence-corrected chi connectivity index (χ0v) is 82.4. The van der Waals surface area contributed by atoms with Crippen LogP contribution in [-0.4, -0.2) is 147 Å². The van der Waals surface area contributed by atoms with Crippen molar-refractivity contribution in [3.05, 3.63) is 265 Å². The predicted octanol–water partition coefficient (Wildman–Crippen LogP) is 22.3. The average Bonchev–Trinajstić information content (AvgIpc) is 0.815. The Hall–Kier alpha value is -16.5. The van der Waals surface area contributed by atoms with Crippen LogP contribution in [0.3, 0.4) is 0 Å². The van der Waals surface area contributed by atoms with Gasteiger partial charge in [0.1, 0.15) is 42.3 Å². The first-order valence-electron chi connectivity index (χ1n) is 42.0. The number of hydrogen-bond acceptors (Lipinski definition) is 44. The first-order valence-corrected chi connectivity index (χ1v) is 53.5. The minimum atomic E-state index is -4.95. The molecule has 14 N–H and O–H groups in total. The fourth-order valence-electron chi connectivity index (χ4n) is 12.9. The largest absolute Gasteiger partial charge is 0.354 e. The van der Waals surface area contributed by atoms with Crippen LogP contribution in [0.25, 0.3) is 0 Å². The number of aromatic nitrogens is 6. The molecule has 12 aromatic carbocycles. The highest BCUT2D eigenvalue weighted by Gasteiger charge is 2.25. The summed E-state index contributed by atoms with van der Waals surface area (Å²) in [5.41, 5.74) is 3.85. The molecule has 2 aromatic heterocycles. The first-order chi connectivity index (χ1) is 69.4. The number of unbranched alkanes of at least 4 members (excludes halogenated alkanes) is 2. The van der Waals surface area contributed by atoms with E-state index in [0.717, 1.165) is 72.8 Å². The summed E-state index contributed by atoms with van der Waals surface area (Å²) in [6.45, 7) is 7.28. The Labute approximate surface area is 836 Å². The third-order valence-electron chi connectivity index (χ3n) is 20.1. The van der Waals surface area contributed by atoms with Crippen LogP contribution in [0, 0.1) is 27.7 Å². The van der Waals surface area contributed by atoms with Crippen molar-refractivity contribution in [2.75, 3.05) is 45.0 Å². The Balaban J connectivity index is 0.688. The van der Waals surface area contributed by atoms with Crippen molar-refractivity contribution in [2.24, 2.45) is 81.8 Å².